The maximum absolute atomic E-state index is 13.5. The SMILES string of the molecule is OB(O)c1c(F)cc(SCc2ccccc2)cc1F. The summed E-state index contributed by atoms with van der Waals surface area (Å²) in [5.41, 5.74) is 0.323. The lowest BCUT2D eigenvalue weighted by Crippen LogP contribution is -2.35. The van der Waals surface area contributed by atoms with Crippen molar-refractivity contribution in [2.75, 3.05) is 0 Å². The Morgan fingerprint density at radius 3 is 2.11 bits per heavy atom. The van der Waals surface area contributed by atoms with Crippen LogP contribution in [-0.4, -0.2) is 17.2 Å². The van der Waals surface area contributed by atoms with Gasteiger partial charge in [-0.05, 0) is 17.7 Å². The van der Waals surface area contributed by atoms with Crippen LogP contribution in [0.4, 0.5) is 8.78 Å². The molecule has 0 saturated carbocycles. The highest BCUT2D eigenvalue weighted by molar-refractivity contribution is 7.98. The molecule has 0 heterocycles. The van der Waals surface area contributed by atoms with Crippen molar-refractivity contribution in [3.05, 3.63) is 59.7 Å². The van der Waals surface area contributed by atoms with E-state index in [0.29, 0.717) is 10.6 Å². The zero-order valence-electron chi connectivity index (χ0n) is 9.88. The topological polar surface area (TPSA) is 40.5 Å². The molecule has 19 heavy (non-hydrogen) atoms. The Labute approximate surface area is 114 Å². The molecule has 0 radical (unpaired) electrons. The second-order valence-electron chi connectivity index (χ2n) is 3.95. The van der Waals surface area contributed by atoms with Gasteiger partial charge >= 0.3 is 7.12 Å². The van der Waals surface area contributed by atoms with Gasteiger partial charge in [-0.25, -0.2) is 8.78 Å². The second-order valence-corrected chi connectivity index (χ2v) is 5.00. The predicted octanol–water partition coefficient (Wildman–Crippen LogP) is 1.94. The molecule has 0 aromatic heterocycles. The number of thioether (sulfide) groups is 1. The van der Waals surface area contributed by atoms with Crippen molar-refractivity contribution >= 4 is 24.3 Å². The van der Waals surface area contributed by atoms with Gasteiger partial charge in [0.2, 0.25) is 0 Å². The summed E-state index contributed by atoms with van der Waals surface area (Å²) in [7, 11) is -2.15. The highest BCUT2D eigenvalue weighted by Gasteiger charge is 2.22. The van der Waals surface area contributed by atoms with Crippen LogP contribution < -0.4 is 5.46 Å². The molecule has 0 aliphatic carbocycles. The number of rotatable bonds is 4. The van der Waals surface area contributed by atoms with Gasteiger partial charge in [0.05, 0.1) is 5.46 Å². The normalized spacial score (nSPS) is 10.5. The average Bonchev–Trinajstić information content (AvgIpc) is 2.36. The lowest BCUT2D eigenvalue weighted by molar-refractivity contribution is 0.419. The molecule has 0 bridgehead atoms. The molecule has 0 atom stereocenters. The maximum Gasteiger partial charge on any atom is 0.494 e. The van der Waals surface area contributed by atoms with E-state index in [1.165, 1.54) is 11.8 Å². The number of halogens is 2. The van der Waals surface area contributed by atoms with Gasteiger partial charge in [0, 0.05) is 10.6 Å². The van der Waals surface area contributed by atoms with Gasteiger partial charge in [-0.3, -0.25) is 0 Å². The third-order valence-corrected chi connectivity index (χ3v) is 3.61. The molecule has 2 aromatic rings. The van der Waals surface area contributed by atoms with Crippen molar-refractivity contribution in [1.82, 2.24) is 0 Å². The van der Waals surface area contributed by atoms with Gasteiger partial charge in [-0.1, -0.05) is 30.3 Å². The molecule has 0 unspecified atom stereocenters. The third-order valence-electron chi connectivity index (χ3n) is 2.56. The van der Waals surface area contributed by atoms with Crippen molar-refractivity contribution < 1.29 is 18.8 Å². The van der Waals surface area contributed by atoms with Gasteiger partial charge in [-0.2, -0.15) is 0 Å². The van der Waals surface area contributed by atoms with Gasteiger partial charge < -0.3 is 10.0 Å². The third kappa shape index (κ3) is 3.56. The number of benzene rings is 2. The van der Waals surface area contributed by atoms with Gasteiger partial charge in [-0.15, -0.1) is 11.8 Å². The van der Waals surface area contributed by atoms with Gasteiger partial charge in [0.25, 0.3) is 0 Å². The summed E-state index contributed by atoms with van der Waals surface area (Å²) in [6.07, 6.45) is 0. The maximum atomic E-state index is 13.5. The summed E-state index contributed by atoms with van der Waals surface area (Å²) in [5.74, 6) is -1.32. The van der Waals surface area contributed by atoms with E-state index in [4.69, 9.17) is 10.0 Å². The van der Waals surface area contributed by atoms with Gasteiger partial charge in [0.15, 0.2) is 0 Å². The Morgan fingerprint density at radius 1 is 1.00 bits per heavy atom. The van der Waals surface area contributed by atoms with E-state index in [9.17, 15) is 8.78 Å². The average molecular weight is 280 g/mol. The molecule has 2 nitrogen and oxygen atoms in total. The Balaban J connectivity index is 2.14. The summed E-state index contributed by atoms with van der Waals surface area (Å²) in [5, 5.41) is 17.7. The predicted molar refractivity (Wildman–Crippen MR) is 72.2 cm³/mol. The number of hydrogen-bond donors (Lipinski definition) is 2. The molecular formula is C13H11BF2O2S. The summed E-state index contributed by atoms with van der Waals surface area (Å²) >= 11 is 1.28. The molecule has 0 aliphatic heterocycles. The molecule has 2 rings (SSSR count). The van der Waals surface area contributed by atoms with Crippen LogP contribution in [-0.2, 0) is 5.75 Å². The molecular weight excluding hydrogens is 269 g/mol. The summed E-state index contributed by atoms with van der Waals surface area (Å²) in [6.45, 7) is 0. The van der Waals surface area contributed by atoms with Crippen LogP contribution in [0, 0.1) is 11.6 Å². The molecule has 0 amide bonds. The summed E-state index contributed by atoms with van der Waals surface area (Å²) in [4.78, 5) is 0.406. The fourth-order valence-corrected chi connectivity index (χ4v) is 2.53. The monoisotopic (exact) mass is 280 g/mol. The first-order valence-electron chi connectivity index (χ1n) is 5.59. The molecule has 0 saturated heterocycles. The van der Waals surface area contributed by atoms with E-state index in [2.05, 4.69) is 0 Å². The first-order valence-corrected chi connectivity index (χ1v) is 6.58. The van der Waals surface area contributed by atoms with Crippen LogP contribution in [0.25, 0.3) is 0 Å². The molecule has 0 spiro atoms. The molecule has 2 aromatic carbocycles. The van der Waals surface area contributed by atoms with E-state index >= 15 is 0 Å². The standard InChI is InChI=1S/C13H11BF2O2S/c15-11-6-10(7-12(16)13(11)14(17)18)19-8-9-4-2-1-3-5-9/h1-7,17-18H,8H2. The van der Waals surface area contributed by atoms with Crippen molar-refractivity contribution in [1.29, 1.82) is 0 Å². The fraction of sp³-hybridized carbons (Fsp3) is 0.0769. The Hall–Kier alpha value is -1.37. The molecule has 0 fully saturated rings. The summed E-state index contributed by atoms with van der Waals surface area (Å²) in [6, 6.07) is 11.7. The van der Waals surface area contributed by atoms with Crippen molar-refractivity contribution in [3.8, 4) is 0 Å². The van der Waals surface area contributed by atoms with E-state index in [0.717, 1.165) is 17.7 Å². The highest BCUT2D eigenvalue weighted by atomic mass is 32.2. The van der Waals surface area contributed by atoms with Crippen LogP contribution in [0.15, 0.2) is 47.4 Å². The van der Waals surface area contributed by atoms with Crippen LogP contribution >= 0.6 is 11.8 Å². The highest BCUT2D eigenvalue weighted by Crippen LogP contribution is 2.23. The second kappa shape index (κ2) is 6.19. The van der Waals surface area contributed by atoms with Crippen molar-refractivity contribution in [3.63, 3.8) is 0 Å². The van der Waals surface area contributed by atoms with Crippen LogP contribution in [0.3, 0.4) is 0 Å². The molecule has 0 aliphatic rings. The lowest BCUT2D eigenvalue weighted by Gasteiger charge is -2.07. The van der Waals surface area contributed by atoms with Crippen molar-refractivity contribution in [2.45, 2.75) is 10.6 Å². The largest absolute Gasteiger partial charge is 0.494 e. The first kappa shape index (κ1) is 14.1. The minimum atomic E-state index is -2.15. The lowest BCUT2D eigenvalue weighted by atomic mass is 9.79. The quantitative estimate of drug-likeness (QED) is 0.664. The molecule has 98 valence electrons. The molecule has 6 heteroatoms. The summed E-state index contributed by atoms with van der Waals surface area (Å²) < 4.78 is 27.0. The fourth-order valence-electron chi connectivity index (χ4n) is 1.63. The smallest absolute Gasteiger partial charge is 0.423 e. The Kier molecular flexibility index (Phi) is 4.58. The van der Waals surface area contributed by atoms with Crippen LogP contribution in [0.1, 0.15) is 5.56 Å². The van der Waals surface area contributed by atoms with E-state index in [1.54, 1.807) is 0 Å². The van der Waals surface area contributed by atoms with Crippen molar-refractivity contribution in [2.24, 2.45) is 0 Å². The van der Waals surface area contributed by atoms with E-state index < -0.39 is 24.2 Å². The Morgan fingerprint density at radius 2 is 1.58 bits per heavy atom. The van der Waals surface area contributed by atoms with E-state index in [1.807, 2.05) is 30.3 Å². The van der Waals surface area contributed by atoms with Crippen LogP contribution in [0.2, 0.25) is 0 Å². The zero-order valence-corrected chi connectivity index (χ0v) is 10.7. The first-order chi connectivity index (χ1) is 9.08. The molecule has 2 N–H and O–H groups in total. The van der Waals surface area contributed by atoms with Gasteiger partial charge in [0.1, 0.15) is 11.6 Å². The zero-order chi connectivity index (χ0) is 13.8. The Bertz CT molecular complexity index is 541. The minimum absolute atomic E-state index is 0.406. The van der Waals surface area contributed by atoms with Crippen LogP contribution in [0.5, 0.6) is 0 Å². The number of hydrogen-bond acceptors (Lipinski definition) is 3. The van der Waals surface area contributed by atoms with E-state index in [-0.39, 0.29) is 0 Å². The minimum Gasteiger partial charge on any atom is -0.423 e.